The van der Waals surface area contributed by atoms with Gasteiger partial charge in [-0.3, -0.25) is 4.99 Å². The Kier molecular flexibility index (Phi) is 14.2. The van der Waals surface area contributed by atoms with Crippen molar-refractivity contribution in [3.8, 4) is 0 Å². The largest absolute Gasteiger partial charge is 0.372 e. The minimum absolute atomic E-state index is 0.988. The number of rotatable bonds is 16. The van der Waals surface area contributed by atoms with Crippen LogP contribution >= 0.6 is 0 Å². The fourth-order valence-electron chi connectivity index (χ4n) is 3.15. The summed E-state index contributed by atoms with van der Waals surface area (Å²) in [6.07, 6.45) is 25.3. The quantitative estimate of drug-likeness (QED) is 0.258. The molecule has 2 heteroatoms. The van der Waals surface area contributed by atoms with E-state index in [4.69, 9.17) is 0 Å². The van der Waals surface area contributed by atoms with Gasteiger partial charge in [0.05, 0.1) is 12.4 Å². The Balaban J connectivity index is 1.71. The summed E-state index contributed by atoms with van der Waals surface area (Å²) in [5.74, 6) is 1.25. The lowest BCUT2D eigenvalue weighted by Gasteiger charge is -2.02. The molecule has 134 valence electrons. The molecule has 0 saturated heterocycles. The van der Waals surface area contributed by atoms with E-state index in [-0.39, 0.29) is 0 Å². The minimum Gasteiger partial charge on any atom is -0.372 e. The van der Waals surface area contributed by atoms with Crippen molar-refractivity contribution < 1.29 is 0 Å². The van der Waals surface area contributed by atoms with E-state index in [0.717, 1.165) is 13.1 Å². The van der Waals surface area contributed by atoms with Crippen LogP contribution in [0.4, 0.5) is 0 Å². The molecule has 0 spiro atoms. The standard InChI is InChI=1S/C21H40N2/c1-2-3-4-5-6-7-8-9-10-11-12-13-14-15-16-17-18-21-22-19-20-23-21/h9-10H,2-8,11-20H2,1H3,(H,22,23)/b10-9+. The van der Waals surface area contributed by atoms with Crippen LogP contribution in [-0.4, -0.2) is 18.9 Å². The van der Waals surface area contributed by atoms with Crippen molar-refractivity contribution in [2.45, 2.75) is 103 Å². The number of nitrogens with zero attached hydrogens (tertiary/aromatic N) is 1. The van der Waals surface area contributed by atoms with Gasteiger partial charge in [-0.05, 0) is 32.1 Å². The third-order valence-corrected chi connectivity index (χ3v) is 4.67. The van der Waals surface area contributed by atoms with E-state index in [9.17, 15) is 0 Å². The van der Waals surface area contributed by atoms with Crippen LogP contribution in [0.3, 0.4) is 0 Å². The molecular formula is C21H40N2. The van der Waals surface area contributed by atoms with Gasteiger partial charge in [0.2, 0.25) is 0 Å². The first-order valence-electron chi connectivity index (χ1n) is 10.4. The normalized spacial score (nSPS) is 14.4. The van der Waals surface area contributed by atoms with E-state index in [0.29, 0.717) is 0 Å². The Labute approximate surface area is 145 Å². The van der Waals surface area contributed by atoms with Gasteiger partial charge in [0.1, 0.15) is 0 Å². The average molecular weight is 321 g/mol. The van der Waals surface area contributed by atoms with Crippen LogP contribution < -0.4 is 5.32 Å². The van der Waals surface area contributed by atoms with Crippen LogP contribution in [-0.2, 0) is 0 Å². The van der Waals surface area contributed by atoms with Crippen LogP contribution in [0.25, 0.3) is 0 Å². The molecule has 0 aliphatic carbocycles. The van der Waals surface area contributed by atoms with Crippen molar-refractivity contribution >= 4 is 5.84 Å². The molecule has 0 amide bonds. The van der Waals surface area contributed by atoms with Crippen molar-refractivity contribution in [2.75, 3.05) is 13.1 Å². The monoisotopic (exact) mass is 320 g/mol. The second kappa shape index (κ2) is 16.1. The van der Waals surface area contributed by atoms with E-state index >= 15 is 0 Å². The molecule has 0 bridgehead atoms. The summed E-state index contributed by atoms with van der Waals surface area (Å²) in [5, 5.41) is 3.35. The highest BCUT2D eigenvalue weighted by Crippen LogP contribution is 2.11. The van der Waals surface area contributed by atoms with Crippen molar-refractivity contribution in [3.05, 3.63) is 12.2 Å². The van der Waals surface area contributed by atoms with Crippen molar-refractivity contribution in [3.63, 3.8) is 0 Å². The second-order valence-electron chi connectivity index (χ2n) is 6.94. The van der Waals surface area contributed by atoms with Gasteiger partial charge < -0.3 is 5.32 Å². The number of amidine groups is 1. The van der Waals surface area contributed by atoms with Crippen LogP contribution in [0.2, 0.25) is 0 Å². The summed E-state index contributed by atoms with van der Waals surface area (Å²) >= 11 is 0. The van der Waals surface area contributed by atoms with E-state index in [1.165, 1.54) is 102 Å². The van der Waals surface area contributed by atoms with Gasteiger partial charge in [0.25, 0.3) is 0 Å². The molecule has 0 aromatic carbocycles. The first-order valence-corrected chi connectivity index (χ1v) is 10.4. The number of hydrogen-bond acceptors (Lipinski definition) is 2. The van der Waals surface area contributed by atoms with Gasteiger partial charge in [-0.2, -0.15) is 0 Å². The number of nitrogens with one attached hydrogen (secondary N) is 1. The SMILES string of the molecule is CCCCCCCC/C=C/CCCCCCCCC1=NCCN1. The second-order valence-corrected chi connectivity index (χ2v) is 6.94. The Hall–Kier alpha value is -0.790. The summed E-state index contributed by atoms with van der Waals surface area (Å²) in [6.45, 7) is 4.33. The molecule has 0 aromatic rings. The third-order valence-electron chi connectivity index (χ3n) is 4.67. The Bertz CT molecular complexity index is 307. The summed E-state index contributed by atoms with van der Waals surface area (Å²) in [6, 6.07) is 0. The number of aliphatic imine (C=N–C) groups is 1. The maximum absolute atomic E-state index is 4.44. The van der Waals surface area contributed by atoms with Crippen LogP contribution in [0.15, 0.2) is 17.1 Å². The molecule has 1 aliphatic heterocycles. The lowest BCUT2D eigenvalue weighted by molar-refractivity contribution is 0.600. The predicted molar refractivity (Wildman–Crippen MR) is 104 cm³/mol. The summed E-state index contributed by atoms with van der Waals surface area (Å²) in [4.78, 5) is 4.44. The van der Waals surface area contributed by atoms with Gasteiger partial charge in [-0.1, -0.05) is 76.9 Å². The Morgan fingerprint density at radius 3 is 1.91 bits per heavy atom. The molecule has 0 radical (unpaired) electrons. The smallest absolute Gasteiger partial charge is 0.0964 e. The fourth-order valence-corrected chi connectivity index (χ4v) is 3.15. The molecule has 1 N–H and O–H groups in total. The molecule has 1 heterocycles. The predicted octanol–water partition coefficient (Wildman–Crippen LogP) is 6.42. The third kappa shape index (κ3) is 13.4. The maximum Gasteiger partial charge on any atom is 0.0964 e. The van der Waals surface area contributed by atoms with Gasteiger partial charge in [-0.25, -0.2) is 0 Å². The number of hydrogen-bond donors (Lipinski definition) is 1. The molecule has 0 unspecified atom stereocenters. The van der Waals surface area contributed by atoms with Gasteiger partial charge in [0, 0.05) is 13.0 Å². The zero-order valence-electron chi connectivity index (χ0n) is 15.6. The molecule has 0 fully saturated rings. The van der Waals surface area contributed by atoms with E-state index < -0.39 is 0 Å². The molecule has 0 atom stereocenters. The number of allylic oxidation sites excluding steroid dienone is 2. The Morgan fingerprint density at radius 2 is 1.35 bits per heavy atom. The van der Waals surface area contributed by atoms with E-state index in [1.807, 2.05) is 0 Å². The average Bonchev–Trinajstić information content (AvgIpc) is 3.08. The molecule has 1 rings (SSSR count). The van der Waals surface area contributed by atoms with Crippen molar-refractivity contribution in [2.24, 2.45) is 4.99 Å². The summed E-state index contributed by atoms with van der Waals surface area (Å²) < 4.78 is 0. The summed E-state index contributed by atoms with van der Waals surface area (Å²) in [7, 11) is 0. The highest BCUT2D eigenvalue weighted by Gasteiger charge is 2.03. The van der Waals surface area contributed by atoms with Crippen LogP contribution in [0.5, 0.6) is 0 Å². The molecular weight excluding hydrogens is 280 g/mol. The zero-order valence-corrected chi connectivity index (χ0v) is 15.6. The lowest BCUT2D eigenvalue weighted by atomic mass is 10.1. The molecule has 0 aromatic heterocycles. The summed E-state index contributed by atoms with van der Waals surface area (Å²) in [5.41, 5.74) is 0. The molecule has 0 saturated carbocycles. The fraction of sp³-hybridized carbons (Fsp3) is 0.857. The number of unbranched alkanes of at least 4 members (excludes halogenated alkanes) is 12. The Morgan fingerprint density at radius 1 is 0.783 bits per heavy atom. The zero-order chi connectivity index (χ0) is 16.4. The van der Waals surface area contributed by atoms with Crippen LogP contribution in [0.1, 0.15) is 103 Å². The van der Waals surface area contributed by atoms with Gasteiger partial charge in [0.15, 0.2) is 0 Å². The highest BCUT2D eigenvalue weighted by molar-refractivity contribution is 5.83. The van der Waals surface area contributed by atoms with Gasteiger partial charge >= 0.3 is 0 Å². The van der Waals surface area contributed by atoms with Crippen LogP contribution in [0, 0.1) is 0 Å². The van der Waals surface area contributed by atoms with Crippen molar-refractivity contribution in [1.29, 1.82) is 0 Å². The highest BCUT2D eigenvalue weighted by atomic mass is 15.1. The molecule has 1 aliphatic rings. The first-order chi connectivity index (χ1) is 11.4. The molecule has 23 heavy (non-hydrogen) atoms. The maximum atomic E-state index is 4.44. The minimum atomic E-state index is 0.988. The topological polar surface area (TPSA) is 24.4 Å². The first kappa shape index (κ1) is 20.3. The van der Waals surface area contributed by atoms with E-state index in [2.05, 4.69) is 29.4 Å². The molecule has 2 nitrogen and oxygen atoms in total. The lowest BCUT2D eigenvalue weighted by Crippen LogP contribution is -2.17. The van der Waals surface area contributed by atoms with E-state index in [1.54, 1.807) is 0 Å². The van der Waals surface area contributed by atoms with Crippen molar-refractivity contribution in [1.82, 2.24) is 5.32 Å². The van der Waals surface area contributed by atoms with Gasteiger partial charge in [-0.15, -0.1) is 0 Å².